The lowest BCUT2D eigenvalue weighted by Crippen LogP contribution is -2.29. The molecule has 3 N–H and O–H groups in total. The maximum Gasteiger partial charge on any atom is 0.314 e. The fourth-order valence-electron chi connectivity index (χ4n) is 2.30. The predicted octanol–water partition coefficient (Wildman–Crippen LogP) is 1.07. The highest BCUT2D eigenvalue weighted by Gasteiger charge is 2.14. The Morgan fingerprint density at radius 3 is 2.58 bits per heavy atom. The third kappa shape index (κ3) is 3.83. The first-order chi connectivity index (χ1) is 12.0. The molecule has 0 atom stereocenters. The van der Waals surface area contributed by atoms with Crippen LogP contribution < -0.4 is 22.0 Å². The van der Waals surface area contributed by atoms with Crippen LogP contribution in [0.5, 0.6) is 0 Å². The molecule has 0 aliphatic rings. The zero-order valence-corrected chi connectivity index (χ0v) is 14.7. The number of aromatic amines is 2. The molecule has 26 heavy (non-hydrogen) atoms. The quantitative estimate of drug-likeness (QED) is 0.323. The number of halogens is 1. The Bertz CT molecular complexity index is 1160. The van der Waals surface area contributed by atoms with Crippen molar-refractivity contribution in [3.8, 4) is 0 Å². The number of hydrogen-bond acceptors (Lipinski definition) is 7. The summed E-state index contributed by atoms with van der Waals surface area (Å²) in [6.45, 7) is 0.00109. The van der Waals surface area contributed by atoms with Crippen LogP contribution in [0.25, 0.3) is 11.0 Å². The fourth-order valence-corrected chi connectivity index (χ4v) is 2.30. The van der Waals surface area contributed by atoms with Gasteiger partial charge in [-0.1, -0.05) is 6.07 Å². The minimum Gasteiger partial charge on any atom is -0.376 e. The van der Waals surface area contributed by atoms with Crippen molar-refractivity contribution in [1.82, 2.24) is 15.0 Å². The molecule has 0 bridgehead atoms. The zero-order chi connectivity index (χ0) is 18.0. The number of nitro benzene ring substituents is 1. The summed E-state index contributed by atoms with van der Waals surface area (Å²) in [7, 11) is 0. The van der Waals surface area contributed by atoms with Gasteiger partial charge < -0.3 is 15.3 Å². The summed E-state index contributed by atoms with van der Waals surface area (Å²) in [4.78, 5) is 53.6. The van der Waals surface area contributed by atoms with Crippen LogP contribution >= 0.6 is 17.0 Å². The van der Waals surface area contributed by atoms with Gasteiger partial charge in [-0.3, -0.25) is 24.5 Å². The lowest BCUT2D eigenvalue weighted by Gasteiger charge is -2.08. The molecule has 0 amide bonds. The summed E-state index contributed by atoms with van der Waals surface area (Å²) in [6.07, 6.45) is 1.35. The molecule has 0 saturated carbocycles. The van der Waals surface area contributed by atoms with Crippen LogP contribution in [-0.2, 0) is 6.54 Å². The average molecular weight is 422 g/mol. The van der Waals surface area contributed by atoms with E-state index in [1.165, 1.54) is 18.3 Å². The van der Waals surface area contributed by atoms with Gasteiger partial charge in [0.05, 0.1) is 16.0 Å². The molecule has 0 aliphatic heterocycles. The summed E-state index contributed by atoms with van der Waals surface area (Å²) in [5.74, 6) is 0. The Morgan fingerprint density at radius 1 is 1.12 bits per heavy atom. The third-order valence-corrected chi connectivity index (χ3v) is 3.46. The van der Waals surface area contributed by atoms with Crippen molar-refractivity contribution in [1.29, 1.82) is 0 Å². The molecule has 0 saturated heterocycles. The number of H-pyrrole nitrogens is 2. The number of nitrogens with one attached hydrogen (secondary N) is 3. The van der Waals surface area contributed by atoms with Crippen LogP contribution in [0.2, 0.25) is 0 Å². The maximum absolute atomic E-state index is 11.8. The van der Waals surface area contributed by atoms with Crippen molar-refractivity contribution in [3.63, 3.8) is 0 Å². The SMILES string of the molecule is Br.O=c1nccccc1NCc1cc([N+](=O)[O-])cc2[nH]c(=O)c(=O)[nH]c12. The van der Waals surface area contributed by atoms with Gasteiger partial charge in [0.2, 0.25) is 0 Å². The lowest BCUT2D eigenvalue weighted by atomic mass is 10.1. The second-order valence-corrected chi connectivity index (χ2v) is 5.09. The maximum atomic E-state index is 11.8. The van der Waals surface area contributed by atoms with Crippen molar-refractivity contribution >= 4 is 39.4 Å². The summed E-state index contributed by atoms with van der Waals surface area (Å²) in [5.41, 5.74) is -1.65. The fraction of sp³-hybridized carbons (Fsp3) is 0.0667. The number of hydrogen-bond donors (Lipinski definition) is 3. The molecule has 2 heterocycles. The van der Waals surface area contributed by atoms with E-state index >= 15 is 0 Å². The Balaban J connectivity index is 0.00000243. The Labute approximate surface area is 154 Å². The molecule has 134 valence electrons. The first-order valence-corrected chi connectivity index (χ1v) is 7.08. The highest BCUT2D eigenvalue weighted by atomic mass is 79.9. The van der Waals surface area contributed by atoms with Gasteiger partial charge in [-0.05, 0) is 12.1 Å². The zero-order valence-electron chi connectivity index (χ0n) is 13.0. The highest BCUT2D eigenvalue weighted by molar-refractivity contribution is 8.93. The largest absolute Gasteiger partial charge is 0.376 e. The first-order valence-electron chi connectivity index (χ1n) is 7.08. The van der Waals surface area contributed by atoms with Gasteiger partial charge >= 0.3 is 11.1 Å². The van der Waals surface area contributed by atoms with E-state index < -0.39 is 21.6 Å². The Morgan fingerprint density at radius 2 is 1.85 bits per heavy atom. The van der Waals surface area contributed by atoms with Gasteiger partial charge in [0.1, 0.15) is 5.69 Å². The Hall–Kier alpha value is -3.34. The van der Waals surface area contributed by atoms with E-state index in [2.05, 4.69) is 20.3 Å². The average Bonchev–Trinajstić information content (AvgIpc) is 2.78. The minimum atomic E-state index is -0.909. The van der Waals surface area contributed by atoms with E-state index in [9.17, 15) is 24.5 Å². The molecule has 1 aromatic carbocycles. The topological polar surface area (TPSA) is 151 Å². The summed E-state index contributed by atoms with van der Waals surface area (Å²) in [6, 6.07) is 7.11. The second-order valence-electron chi connectivity index (χ2n) is 5.09. The lowest BCUT2D eigenvalue weighted by molar-refractivity contribution is -0.384. The number of rotatable bonds is 4. The number of aromatic nitrogens is 3. The number of non-ortho nitro benzene ring substituents is 1. The normalized spacial score (nSPS) is 10.2. The van der Waals surface area contributed by atoms with Gasteiger partial charge in [-0.15, -0.1) is 17.0 Å². The number of anilines is 1. The standard InChI is InChI=1S/C15H11N5O5.BrH/c21-13-10(3-1-2-4-16-13)17-7-8-5-9(20(24)25)6-11-12(8)19-15(23)14(22)18-11;/h1-6H,7H2,(H,18,22)(H,19,23)(H,16,17,21);1H. The van der Waals surface area contributed by atoms with Gasteiger partial charge in [-0.2, -0.15) is 0 Å². The van der Waals surface area contributed by atoms with Gasteiger partial charge in [-0.25, -0.2) is 4.98 Å². The molecule has 0 unspecified atom stereocenters. The molecule has 0 aliphatic carbocycles. The van der Waals surface area contributed by atoms with Crippen LogP contribution in [0.3, 0.4) is 0 Å². The first kappa shape index (κ1) is 19.0. The van der Waals surface area contributed by atoms with E-state index in [-0.39, 0.29) is 45.9 Å². The smallest absolute Gasteiger partial charge is 0.314 e. The second kappa shape index (κ2) is 7.70. The van der Waals surface area contributed by atoms with Crippen molar-refractivity contribution < 1.29 is 4.92 Å². The molecule has 2 aromatic heterocycles. The van der Waals surface area contributed by atoms with Crippen LogP contribution in [0, 0.1) is 10.1 Å². The van der Waals surface area contributed by atoms with E-state index in [1.807, 2.05) is 0 Å². The molecule has 11 heteroatoms. The summed E-state index contributed by atoms with van der Waals surface area (Å²) < 4.78 is 0. The Kier molecular flexibility index (Phi) is 5.62. The molecule has 3 rings (SSSR count). The number of nitro groups is 1. The van der Waals surface area contributed by atoms with Crippen molar-refractivity contribution in [2.75, 3.05) is 5.32 Å². The van der Waals surface area contributed by atoms with E-state index in [1.54, 1.807) is 12.1 Å². The molecule has 0 spiro atoms. The third-order valence-electron chi connectivity index (χ3n) is 3.46. The molecular weight excluding hydrogens is 410 g/mol. The van der Waals surface area contributed by atoms with Crippen molar-refractivity contribution in [2.24, 2.45) is 0 Å². The van der Waals surface area contributed by atoms with Crippen LogP contribution in [-0.4, -0.2) is 19.9 Å². The van der Waals surface area contributed by atoms with Gasteiger partial charge in [0.25, 0.3) is 11.2 Å². The van der Waals surface area contributed by atoms with Crippen molar-refractivity contribution in [3.05, 3.63) is 83.3 Å². The van der Waals surface area contributed by atoms with E-state index in [4.69, 9.17) is 0 Å². The molecule has 3 aromatic rings. The number of benzene rings is 1. The van der Waals surface area contributed by atoms with Gasteiger partial charge in [0.15, 0.2) is 0 Å². The van der Waals surface area contributed by atoms with Gasteiger partial charge in [0, 0.05) is 30.4 Å². The van der Waals surface area contributed by atoms with Crippen LogP contribution in [0.15, 0.2) is 50.9 Å². The van der Waals surface area contributed by atoms with E-state index in [0.717, 1.165) is 6.07 Å². The molecular formula is C15H12BrN5O5. The number of nitrogens with zero attached hydrogens (tertiary/aromatic N) is 2. The summed E-state index contributed by atoms with van der Waals surface area (Å²) >= 11 is 0. The molecule has 0 radical (unpaired) electrons. The van der Waals surface area contributed by atoms with Crippen LogP contribution in [0.1, 0.15) is 5.56 Å². The highest BCUT2D eigenvalue weighted by Crippen LogP contribution is 2.22. The van der Waals surface area contributed by atoms with E-state index in [0.29, 0.717) is 5.56 Å². The van der Waals surface area contributed by atoms with Crippen molar-refractivity contribution in [2.45, 2.75) is 6.54 Å². The summed E-state index contributed by atoms with van der Waals surface area (Å²) in [5, 5.41) is 13.9. The molecule has 0 fully saturated rings. The van der Waals surface area contributed by atoms with Crippen LogP contribution in [0.4, 0.5) is 11.4 Å². The predicted molar refractivity (Wildman–Crippen MR) is 100.0 cm³/mol. The minimum absolute atomic E-state index is 0. The monoisotopic (exact) mass is 421 g/mol. The molecule has 10 nitrogen and oxygen atoms in total. The number of fused-ring (bicyclic) bond motifs is 1.